The molecule has 8 nitrogen and oxygen atoms in total. The predicted octanol–water partition coefficient (Wildman–Crippen LogP) is 3.52. The molecule has 5 aromatic rings. The monoisotopic (exact) mass is 443 g/mol. The zero-order valence-corrected chi connectivity index (χ0v) is 18.9. The van der Waals surface area contributed by atoms with Gasteiger partial charge in [-0.1, -0.05) is 55.8 Å². The van der Waals surface area contributed by atoms with E-state index in [1.807, 2.05) is 65.4 Å². The van der Waals surface area contributed by atoms with Crippen molar-refractivity contribution in [1.29, 1.82) is 0 Å². The molecule has 0 aliphatic heterocycles. The van der Waals surface area contributed by atoms with Crippen LogP contribution in [-0.2, 0) is 14.1 Å². The van der Waals surface area contributed by atoms with Crippen LogP contribution >= 0.6 is 0 Å². The van der Waals surface area contributed by atoms with E-state index >= 15 is 0 Å². The molecular weight excluding hydrogens is 418 g/mol. The van der Waals surface area contributed by atoms with Gasteiger partial charge in [0, 0.05) is 25.9 Å². The number of aryl methyl sites for hydroxylation is 1. The molecule has 0 aliphatic carbocycles. The Labute approximate surface area is 189 Å². The molecule has 8 heteroatoms. The van der Waals surface area contributed by atoms with Gasteiger partial charge in [0.25, 0.3) is 5.56 Å². The molecule has 2 aromatic carbocycles. The zero-order chi connectivity index (χ0) is 23.1. The summed E-state index contributed by atoms with van der Waals surface area (Å²) < 4.78 is 12.4. The van der Waals surface area contributed by atoms with E-state index in [1.54, 1.807) is 11.4 Å². The number of aromatic nitrogens is 5. The Morgan fingerprint density at radius 1 is 0.939 bits per heavy atom. The molecule has 0 atom stereocenters. The van der Waals surface area contributed by atoms with E-state index < -0.39 is 5.69 Å². The molecule has 0 spiro atoms. The highest BCUT2D eigenvalue weighted by molar-refractivity contribution is 5.80. The fourth-order valence-electron chi connectivity index (χ4n) is 4.11. The van der Waals surface area contributed by atoms with Crippen LogP contribution in [0.5, 0.6) is 5.75 Å². The lowest BCUT2D eigenvalue weighted by Gasteiger charge is -2.14. The lowest BCUT2D eigenvalue weighted by molar-refractivity contribution is 0.308. The Morgan fingerprint density at radius 2 is 1.67 bits per heavy atom. The maximum Gasteiger partial charge on any atom is 0.332 e. The van der Waals surface area contributed by atoms with Crippen molar-refractivity contribution in [2.75, 3.05) is 6.61 Å². The number of para-hydroxylation sites is 2. The molecule has 0 aliphatic rings. The SMILES string of the molecule is CCCCOc1ccccc1-n1c(-c2ccccc2)cn2c3c(=O)n(C)c(=O)n(C)c3nc12. The first-order chi connectivity index (χ1) is 16.0. The van der Waals surface area contributed by atoms with Gasteiger partial charge in [-0.15, -0.1) is 0 Å². The van der Waals surface area contributed by atoms with E-state index in [1.165, 1.54) is 11.6 Å². The maximum atomic E-state index is 13.1. The average Bonchev–Trinajstić information content (AvgIpc) is 3.39. The second kappa shape index (κ2) is 8.12. The number of hydrogen-bond donors (Lipinski definition) is 0. The second-order valence-electron chi connectivity index (χ2n) is 8.05. The fraction of sp³-hybridized carbons (Fsp3) is 0.240. The van der Waals surface area contributed by atoms with Crippen molar-refractivity contribution >= 4 is 16.9 Å². The van der Waals surface area contributed by atoms with E-state index in [4.69, 9.17) is 9.72 Å². The van der Waals surface area contributed by atoms with Gasteiger partial charge >= 0.3 is 5.69 Å². The topological polar surface area (TPSA) is 75.5 Å². The van der Waals surface area contributed by atoms with Crippen LogP contribution < -0.4 is 16.0 Å². The molecule has 0 saturated heterocycles. The largest absolute Gasteiger partial charge is 0.491 e. The third-order valence-corrected chi connectivity index (χ3v) is 5.90. The van der Waals surface area contributed by atoms with Crippen molar-refractivity contribution in [3.63, 3.8) is 0 Å². The van der Waals surface area contributed by atoms with E-state index in [0.29, 0.717) is 23.5 Å². The van der Waals surface area contributed by atoms with E-state index in [9.17, 15) is 9.59 Å². The summed E-state index contributed by atoms with van der Waals surface area (Å²) >= 11 is 0. The summed E-state index contributed by atoms with van der Waals surface area (Å²) in [4.78, 5) is 30.3. The van der Waals surface area contributed by atoms with Gasteiger partial charge in [-0.05, 0) is 18.6 Å². The average molecular weight is 444 g/mol. The Hall–Kier alpha value is -4.07. The number of nitrogens with zero attached hydrogens (tertiary/aromatic N) is 5. The summed E-state index contributed by atoms with van der Waals surface area (Å²) in [7, 11) is 3.11. The fourth-order valence-corrected chi connectivity index (χ4v) is 4.11. The van der Waals surface area contributed by atoms with Gasteiger partial charge in [0.15, 0.2) is 11.2 Å². The number of unbranched alkanes of at least 4 members (excludes halogenated alkanes) is 1. The first kappa shape index (κ1) is 20.8. The number of hydrogen-bond acceptors (Lipinski definition) is 4. The molecular formula is C25H25N5O3. The summed E-state index contributed by atoms with van der Waals surface area (Å²) in [5.41, 5.74) is 2.56. The van der Waals surface area contributed by atoms with Crippen LogP contribution in [-0.4, -0.2) is 29.7 Å². The van der Waals surface area contributed by atoms with Crippen LogP contribution in [0, 0.1) is 0 Å². The third kappa shape index (κ3) is 3.26. The summed E-state index contributed by atoms with van der Waals surface area (Å²) in [6, 6.07) is 17.7. The first-order valence-electron chi connectivity index (χ1n) is 11.0. The van der Waals surface area contributed by atoms with Crippen LogP contribution in [0.1, 0.15) is 19.8 Å². The van der Waals surface area contributed by atoms with Gasteiger partial charge in [0.1, 0.15) is 5.75 Å². The molecule has 0 bridgehead atoms. The highest BCUT2D eigenvalue weighted by Crippen LogP contribution is 2.33. The molecule has 0 unspecified atom stereocenters. The zero-order valence-electron chi connectivity index (χ0n) is 18.9. The van der Waals surface area contributed by atoms with Gasteiger partial charge in [-0.25, -0.2) is 4.79 Å². The molecule has 5 rings (SSSR count). The van der Waals surface area contributed by atoms with Crippen molar-refractivity contribution in [3.8, 4) is 22.7 Å². The Bertz CT molecular complexity index is 1590. The van der Waals surface area contributed by atoms with E-state index in [0.717, 1.165) is 40.1 Å². The molecule has 0 saturated carbocycles. The number of fused-ring (bicyclic) bond motifs is 3. The molecule has 3 heterocycles. The van der Waals surface area contributed by atoms with Crippen molar-refractivity contribution in [1.82, 2.24) is 23.1 Å². The van der Waals surface area contributed by atoms with Gasteiger partial charge in [-0.2, -0.15) is 4.98 Å². The Balaban J connectivity index is 1.88. The van der Waals surface area contributed by atoms with Crippen molar-refractivity contribution in [3.05, 3.63) is 81.6 Å². The molecule has 168 valence electrons. The van der Waals surface area contributed by atoms with Crippen LogP contribution in [0.15, 0.2) is 70.4 Å². The van der Waals surface area contributed by atoms with Crippen LogP contribution in [0.2, 0.25) is 0 Å². The number of rotatable bonds is 6. The van der Waals surface area contributed by atoms with Crippen LogP contribution in [0.25, 0.3) is 33.9 Å². The third-order valence-electron chi connectivity index (χ3n) is 5.90. The van der Waals surface area contributed by atoms with Crippen LogP contribution in [0.3, 0.4) is 0 Å². The first-order valence-corrected chi connectivity index (χ1v) is 11.0. The molecule has 0 fully saturated rings. The molecule has 0 amide bonds. The molecule has 33 heavy (non-hydrogen) atoms. The summed E-state index contributed by atoms with van der Waals surface area (Å²) in [6.07, 6.45) is 3.88. The number of ether oxygens (including phenoxy) is 1. The molecule has 0 radical (unpaired) electrons. The van der Waals surface area contributed by atoms with Gasteiger partial charge in [-0.3, -0.25) is 22.9 Å². The Morgan fingerprint density at radius 3 is 2.42 bits per heavy atom. The standard InChI is InChI=1S/C25H25N5O3/c1-4-5-15-33-20-14-10-9-13-18(20)30-19(17-11-7-6-8-12-17)16-29-21-22(26-24(29)30)27(2)25(32)28(3)23(21)31/h6-14,16H,4-5,15H2,1-3H3. The summed E-state index contributed by atoms with van der Waals surface area (Å²) in [5, 5.41) is 0. The second-order valence-corrected chi connectivity index (χ2v) is 8.05. The minimum atomic E-state index is -0.411. The predicted molar refractivity (Wildman–Crippen MR) is 128 cm³/mol. The van der Waals surface area contributed by atoms with E-state index in [2.05, 4.69) is 6.92 Å². The number of imidazole rings is 2. The highest BCUT2D eigenvalue weighted by Gasteiger charge is 2.23. The van der Waals surface area contributed by atoms with Gasteiger partial charge < -0.3 is 4.74 Å². The minimum Gasteiger partial charge on any atom is -0.491 e. The van der Waals surface area contributed by atoms with Crippen molar-refractivity contribution in [2.45, 2.75) is 19.8 Å². The lowest BCUT2D eigenvalue weighted by atomic mass is 10.1. The molecule has 3 aromatic heterocycles. The van der Waals surface area contributed by atoms with E-state index in [-0.39, 0.29) is 5.56 Å². The minimum absolute atomic E-state index is 0.343. The summed E-state index contributed by atoms with van der Waals surface area (Å²) in [5.74, 6) is 1.27. The Kier molecular flexibility index (Phi) is 5.12. The normalized spacial score (nSPS) is 11.5. The van der Waals surface area contributed by atoms with Crippen molar-refractivity contribution < 1.29 is 4.74 Å². The van der Waals surface area contributed by atoms with Crippen LogP contribution in [0.4, 0.5) is 0 Å². The molecule has 0 N–H and O–H groups in total. The highest BCUT2D eigenvalue weighted by atomic mass is 16.5. The van der Waals surface area contributed by atoms with Crippen molar-refractivity contribution in [2.24, 2.45) is 14.1 Å². The maximum absolute atomic E-state index is 13.1. The summed E-state index contributed by atoms with van der Waals surface area (Å²) in [6.45, 7) is 2.73. The smallest absolute Gasteiger partial charge is 0.332 e. The lowest BCUT2D eigenvalue weighted by Crippen LogP contribution is -2.37. The quantitative estimate of drug-likeness (QED) is 0.376. The van der Waals surface area contributed by atoms with Gasteiger partial charge in [0.05, 0.1) is 18.0 Å². The number of benzene rings is 2. The van der Waals surface area contributed by atoms with Gasteiger partial charge in [0.2, 0.25) is 5.78 Å².